The van der Waals surface area contributed by atoms with E-state index in [1.54, 1.807) is 48.8 Å². The standard InChI is InChI=1S/2C10H13NO2.2C2H6O2.2Mn/c2*12-7-3-6-11-8-9-4-1-2-5-10(9)13;2*1-2(3)4;;/h2*1-2,4-5,8,12-13H,3,6-7H2;2*2-4H,1H3;;. The van der Waals surface area contributed by atoms with Gasteiger partial charge in [-0.25, -0.2) is 0 Å². The second-order valence-corrected chi connectivity index (χ2v) is 6.61. The molecule has 0 aliphatic heterocycles. The maximum Gasteiger partial charge on any atom is 0.148 e. The van der Waals surface area contributed by atoms with Crippen molar-refractivity contribution in [2.75, 3.05) is 26.3 Å². The number of para-hydroxylation sites is 2. The van der Waals surface area contributed by atoms with Crippen LogP contribution in [0.4, 0.5) is 0 Å². The molecule has 2 aromatic carbocycles. The third-order valence-corrected chi connectivity index (χ3v) is 3.22. The van der Waals surface area contributed by atoms with Crippen LogP contribution in [0.1, 0.15) is 37.8 Å². The second kappa shape index (κ2) is 29.4. The van der Waals surface area contributed by atoms with Gasteiger partial charge in [0.25, 0.3) is 0 Å². The average molecular weight is 592 g/mol. The zero-order valence-electron chi connectivity index (χ0n) is 20.4. The van der Waals surface area contributed by atoms with E-state index in [4.69, 9.17) is 30.6 Å². The first-order valence-corrected chi connectivity index (χ1v) is 10.6. The van der Waals surface area contributed by atoms with Gasteiger partial charge in [0.2, 0.25) is 0 Å². The Labute approximate surface area is 233 Å². The smallest absolute Gasteiger partial charge is 0.148 e. The van der Waals surface area contributed by atoms with Crippen LogP contribution >= 0.6 is 0 Å². The molecule has 0 unspecified atom stereocenters. The van der Waals surface area contributed by atoms with Gasteiger partial charge in [0.15, 0.2) is 0 Å². The number of phenolic OH excluding ortho intramolecular Hbond substituents is 2. The second-order valence-electron chi connectivity index (χ2n) is 6.61. The quantitative estimate of drug-likeness (QED) is 0.0966. The zero-order chi connectivity index (χ0) is 26.2. The fraction of sp³-hybridized carbons (Fsp3) is 0.417. The number of rotatable bonds is 8. The maximum absolute atomic E-state index is 9.33. The molecule has 0 bridgehead atoms. The van der Waals surface area contributed by atoms with Crippen LogP contribution in [-0.4, -0.2) is 92.2 Å². The van der Waals surface area contributed by atoms with E-state index in [-0.39, 0.29) is 58.9 Å². The Bertz CT molecular complexity index is 723. The van der Waals surface area contributed by atoms with Gasteiger partial charge in [-0.15, -0.1) is 0 Å². The first-order chi connectivity index (χ1) is 16.1. The number of aromatic hydroxyl groups is 2. The van der Waals surface area contributed by atoms with Gasteiger partial charge < -0.3 is 40.9 Å². The van der Waals surface area contributed by atoms with Crippen LogP contribution in [-0.2, 0) is 34.1 Å². The third-order valence-electron chi connectivity index (χ3n) is 3.22. The van der Waals surface area contributed by atoms with Crippen LogP contribution in [0.25, 0.3) is 0 Å². The molecular formula is C24H38Mn2N2O8. The minimum Gasteiger partial charge on any atom is -0.507 e. The predicted molar refractivity (Wildman–Crippen MR) is 132 cm³/mol. The van der Waals surface area contributed by atoms with Gasteiger partial charge in [0, 0.05) is 84.0 Å². The Kier molecular flexibility index (Phi) is 33.7. The van der Waals surface area contributed by atoms with Crippen LogP contribution in [0, 0.1) is 0 Å². The largest absolute Gasteiger partial charge is 0.507 e. The number of benzene rings is 2. The van der Waals surface area contributed by atoms with Gasteiger partial charge in [0.1, 0.15) is 24.1 Å². The van der Waals surface area contributed by atoms with Crippen LogP contribution in [0.15, 0.2) is 58.5 Å². The molecule has 0 heterocycles. The van der Waals surface area contributed by atoms with Crippen LogP contribution < -0.4 is 0 Å². The molecule has 206 valence electrons. The van der Waals surface area contributed by atoms with Crippen LogP contribution in [0.2, 0.25) is 0 Å². The molecular weight excluding hydrogens is 554 g/mol. The molecule has 2 aromatic rings. The van der Waals surface area contributed by atoms with Gasteiger partial charge >= 0.3 is 0 Å². The summed E-state index contributed by atoms with van der Waals surface area (Å²) >= 11 is 0. The van der Waals surface area contributed by atoms with E-state index in [9.17, 15) is 10.2 Å². The Morgan fingerprint density at radius 3 is 1.17 bits per heavy atom. The number of aliphatic imine (C=N–C) groups is 2. The van der Waals surface area contributed by atoms with Crippen LogP contribution in [0.5, 0.6) is 11.5 Å². The van der Waals surface area contributed by atoms with Crippen molar-refractivity contribution in [2.45, 2.75) is 39.3 Å². The average Bonchev–Trinajstić information content (AvgIpc) is 2.76. The molecule has 0 aromatic heterocycles. The Morgan fingerprint density at radius 2 is 0.917 bits per heavy atom. The van der Waals surface area contributed by atoms with Crippen molar-refractivity contribution >= 4 is 12.4 Å². The minimum absolute atomic E-state index is 0. The van der Waals surface area contributed by atoms with Crippen molar-refractivity contribution in [2.24, 2.45) is 9.98 Å². The number of hydrogen-bond acceptors (Lipinski definition) is 10. The molecule has 0 aliphatic carbocycles. The number of phenols is 2. The van der Waals surface area contributed by atoms with Crippen LogP contribution in [0.3, 0.4) is 0 Å². The summed E-state index contributed by atoms with van der Waals surface area (Å²) in [4.78, 5) is 8.09. The number of hydrogen-bond donors (Lipinski definition) is 8. The number of aliphatic hydroxyl groups is 6. The summed E-state index contributed by atoms with van der Waals surface area (Å²) in [6.07, 6.45) is 2.21. The molecule has 12 heteroatoms. The molecule has 0 aliphatic rings. The SMILES string of the molecule is CC(O)O.CC(O)O.OCCCN=Cc1ccccc1O.OCCCN=Cc1ccccc1O.[Mn].[Mn]. The molecule has 2 radical (unpaired) electrons. The molecule has 10 nitrogen and oxygen atoms in total. The van der Waals surface area contributed by atoms with Crippen molar-refractivity contribution in [3.8, 4) is 11.5 Å². The Balaban J connectivity index is -0.000000211. The van der Waals surface area contributed by atoms with Gasteiger partial charge in [-0.1, -0.05) is 24.3 Å². The molecule has 0 spiro atoms. The van der Waals surface area contributed by atoms with E-state index in [0.717, 1.165) is 0 Å². The van der Waals surface area contributed by atoms with Crippen molar-refractivity contribution in [1.29, 1.82) is 0 Å². The van der Waals surface area contributed by atoms with Gasteiger partial charge in [-0.05, 0) is 51.0 Å². The van der Waals surface area contributed by atoms with E-state index in [0.29, 0.717) is 37.1 Å². The number of nitrogens with zero attached hydrogens (tertiary/aromatic N) is 2. The fourth-order valence-electron chi connectivity index (χ4n) is 1.84. The van der Waals surface area contributed by atoms with Crippen molar-refractivity contribution in [3.05, 3.63) is 59.7 Å². The normalized spacial score (nSPS) is 9.83. The van der Waals surface area contributed by atoms with E-state index >= 15 is 0 Å². The minimum atomic E-state index is -1.17. The topological polar surface area (TPSA) is 187 Å². The van der Waals surface area contributed by atoms with E-state index in [2.05, 4.69) is 9.98 Å². The van der Waals surface area contributed by atoms with Crippen molar-refractivity contribution in [3.63, 3.8) is 0 Å². The monoisotopic (exact) mass is 592 g/mol. The van der Waals surface area contributed by atoms with Crippen molar-refractivity contribution < 1.29 is 75.0 Å². The molecule has 0 atom stereocenters. The molecule has 0 fully saturated rings. The summed E-state index contributed by atoms with van der Waals surface area (Å²) < 4.78 is 0. The van der Waals surface area contributed by atoms with E-state index in [1.165, 1.54) is 13.8 Å². The summed E-state index contributed by atoms with van der Waals surface area (Å²) in [6, 6.07) is 14.0. The fourth-order valence-corrected chi connectivity index (χ4v) is 1.84. The van der Waals surface area contributed by atoms with E-state index in [1.807, 2.05) is 12.1 Å². The van der Waals surface area contributed by atoms with Gasteiger partial charge in [0.05, 0.1) is 0 Å². The van der Waals surface area contributed by atoms with Gasteiger partial charge in [-0.2, -0.15) is 0 Å². The molecule has 8 N–H and O–H groups in total. The Morgan fingerprint density at radius 1 is 0.639 bits per heavy atom. The first kappa shape index (κ1) is 41.3. The summed E-state index contributed by atoms with van der Waals surface area (Å²) in [6.45, 7) is 4.03. The summed E-state index contributed by atoms with van der Waals surface area (Å²) in [7, 11) is 0. The maximum atomic E-state index is 9.33. The van der Waals surface area contributed by atoms with Crippen molar-refractivity contribution in [1.82, 2.24) is 0 Å². The summed E-state index contributed by atoms with van der Waals surface area (Å²) in [5, 5.41) is 66.1. The Hall–Kier alpha value is -1.82. The molecule has 2 rings (SSSR count). The van der Waals surface area contributed by atoms with E-state index < -0.39 is 12.6 Å². The molecule has 0 amide bonds. The first-order valence-electron chi connectivity index (χ1n) is 10.6. The van der Waals surface area contributed by atoms with Gasteiger partial charge in [-0.3, -0.25) is 9.98 Å². The summed E-state index contributed by atoms with van der Waals surface area (Å²) in [5.41, 5.74) is 1.42. The molecule has 36 heavy (non-hydrogen) atoms. The molecule has 0 saturated carbocycles. The summed E-state index contributed by atoms with van der Waals surface area (Å²) in [5.74, 6) is 0.463. The zero-order valence-corrected chi connectivity index (χ0v) is 22.8. The predicted octanol–water partition coefficient (Wildman–Crippen LogP) is 1.02. The number of aliphatic hydroxyl groups excluding tert-OH is 4. The third kappa shape index (κ3) is 30.2. The molecule has 0 saturated heterocycles.